The van der Waals surface area contributed by atoms with Gasteiger partial charge in [-0.2, -0.15) is 13.2 Å². The Labute approximate surface area is 241 Å². The summed E-state index contributed by atoms with van der Waals surface area (Å²) in [6.07, 6.45) is -2.37. The number of benzene rings is 2. The number of alkyl halides is 3. The van der Waals surface area contributed by atoms with Gasteiger partial charge in [-0.1, -0.05) is 30.3 Å². The van der Waals surface area contributed by atoms with E-state index in [2.05, 4.69) is 25.6 Å². The number of amides is 2. The number of rotatable bonds is 7. The number of alkyl carbamates (subject to hydrolysis) is 1. The van der Waals surface area contributed by atoms with Crippen LogP contribution < -0.4 is 10.6 Å². The number of nitrogens with one attached hydrogen (secondary N) is 2. The Balaban J connectivity index is 1.54. The van der Waals surface area contributed by atoms with Gasteiger partial charge in [0.05, 0.1) is 16.8 Å². The summed E-state index contributed by atoms with van der Waals surface area (Å²) in [6, 6.07) is 16.7. The fraction of sp³-hybridized carbons (Fsp3) is 0.258. The SMILES string of the molecule is Cc1ncc(C(=O)Nc2ccc(C(Cc3ccccn3)OC(=O)NC(C)(C)C)cc2)c(-c2ccc(C(F)(F)F)cc2)n1. The van der Waals surface area contributed by atoms with E-state index >= 15 is 0 Å². The molecular weight excluding hydrogens is 547 g/mol. The molecule has 2 N–H and O–H groups in total. The first-order valence-electron chi connectivity index (χ1n) is 13.1. The molecule has 4 aromatic rings. The Morgan fingerprint density at radius 1 is 0.929 bits per heavy atom. The molecular formula is C31H30F3N5O3. The third-order valence-corrected chi connectivity index (χ3v) is 6.03. The molecule has 0 aliphatic rings. The van der Waals surface area contributed by atoms with E-state index in [0.717, 1.165) is 17.8 Å². The van der Waals surface area contributed by atoms with Crippen molar-refractivity contribution in [3.63, 3.8) is 0 Å². The van der Waals surface area contributed by atoms with E-state index in [9.17, 15) is 22.8 Å². The van der Waals surface area contributed by atoms with Gasteiger partial charge >= 0.3 is 12.3 Å². The van der Waals surface area contributed by atoms with Crippen molar-refractivity contribution in [1.82, 2.24) is 20.3 Å². The number of halogens is 3. The number of ether oxygens (including phenoxy) is 1. The van der Waals surface area contributed by atoms with Crippen molar-refractivity contribution in [2.45, 2.75) is 51.9 Å². The van der Waals surface area contributed by atoms with Gasteiger partial charge in [-0.05, 0) is 69.7 Å². The minimum Gasteiger partial charge on any atom is -0.441 e. The molecule has 0 bridgehead atoms. The molecule has 0 saturated heterocycles. The van der Waals surface area contributed by atoms with E-state index in [0.29, 0.717) is 29.1 Å². The molecule has 0 spiro atoms. The summed E-state index contributed by atoms with van der Waals surface area (Å²) in [7, 11) is 0. The predicted molar refractivity (Wildman–Crippen MR) is 152 cm³/mol. The van der Waals surface area contributed by atoms with Crippen LogP contribution in [0, 0.1) is 6.92 Å². The van der Waals surface area contributed by atoms with Crippen LogP contribution >= 0.6 is 0 Å². The molecule has 0 fully saturated rings. The Morgan fingerprint density at radius 2 is 1.62 bits per heavy atom. The summed E-state index contributed by atoms with van der Waals surface area (Å²) in [5.74, 6) is -0.177. The number of carbonyl (C=O) groups excluding carboxylic acids is 2. The number of aromatic nitrogens is 3. The maximum atomic E-state index is 13.2. The summed E-state index contributed by atoms with van der Waals surface area (Å²) in [4.78, 5) is 38.5. The van der Waals surface area contributed by atoms with Gasteiger partial charge in [0.25, 0.3) is 5.91 Å². The molecule has 2 aromatic heterocycles. The quantitative estimate of drug-likeness (QED) is 0.247. The second-order valence-corrected chi connectivity index (χ2v) is 10.6. The maximum Gasteiger partial charge on any atom is 0.416 e. The van der Waals surface area contributed by atoms with Crippen molar-refractivity contribution in [1.29, 1.82) is 0 Å². The topological polar surface area (TPSA) is 106 Å². The van der Waals surface area contributed by atoms with Crippen molar-refractivity contribution in [2.75, 3.05) is 5.32 Å². The first-order chi connectivity index (χ1) is 19.8. The summed E-state index contributed by atoms with van der Waals surface area (Å²) in [6.45, 7) is 7.17. The van der Waals surface area contributed by atoms with Crippen LogP contribution in [-0.2, 0) is 17.3 Å². The molecule has 1 unspecified atom stereocenters. The molecule has 11 heteroatoms. The second kappa shape index (κ2) is 12.4. The van der Waals surface area contributed by atoms with Crippen LogP contribution in [0.1, 0.15) is 59.9 Å². The minimum absolute atomic E-state index is 0.0969. The Kier molecular flexibility index (Phi) is 8.89. The van der Waals surface area contributed by atoms with Crippen molar-refractivity contribution < 1.29 is 27.5 Å². The van der Waals surface area contributed by atoms with Crippen molar-refractivity contribution in [3.8, 4) is 11.3 Å². The van der Waals surface area contributed by atoms with Crippen LogP contribution in [0.2, 0.25) is 0 Å². The normalized spacial score (nSPS) is 12.4. The largest absolute Gasteiger partial charge is 0.441 e. The predicted octanol–water partition coefficient (Wildman–Crippen LogP) is 6.93. The van der Waals surface area contributed by atoms with Gasteiger partial charge in [-0.25, -0.2) is 14.8 Å². The Bertz CT molecular complexity index is 1540. The first kappa shape index (κ1) is 30.2. The van der Waals surface area contributed by atoms with Gasteiger partial charge in [-0.3, -0.25) is 9.78 Å². The molecule has 0 radical (unpaired) electrons. The lowest BCUT2D eigenvalue weighted by molar-refractivity contribution is -0.137. The number of pyridine rings is 1. The van der Waals surface area contributed by atoms with E-state index in [-0.39, 0.29) is 11.3 Å². The summed E-state index contributed by atoms with van der Waals surface area (Å²) in [5.41, 5.74) is 1.23. The molecule has 0 saturated carbocycles. The highest BCUT2D eigenvalue weighted by Gasteiger charge is 2.30. The number of nitrogens with zero attached hydrogens (tertiary/aromatic N) is 3. The van der Waals surface area contributed by atoms with Crippen molar-refractivity contribution in [2.24, 2.45) is 0 Å². The number of anilines is 1. The molecule has 218 valence electrons. The van der Waals surface area contributed by atoms with Crippen LogP contribution in [0.3, 0.4) is 0 Å². The molecule has 0 aliphatic carbocycles. The lowest BCUT2D eigenvalue weighted by atomic mass is 10.0. The zero-order valence-electron chi connectivity index (χ0n) is 23.5. The molecule has 8 nitrogen and oxygen atoms in total. The van der Waals surface area contributed by atoms with Gasteiger partial charge in [0.1, 0.15) is 11.9 Å². The minimum atomic E-state index is -4.48. The Morgan fingerprint density at radius 3 is 2.21 bits per heavy atom. The van der Waals surface area contributed by atoms with Crippen LogP contribution in [-0.4, -0.2) is 32.5 Å². The lowest BCUT2D eigenvalue weighted by Gasteiger charge is -2.24. The van der Waals surface area contributed by atoms with Gasteiger partial charge in [0.2, 0.25) is 0 Å². The molecule has 2 amide bonds. The van der Waals surface area contributed by atoms with E-state index < -0.39 is 35.4 Å². The van der Waals surface area contributed by atoms with Gasteiger partial charge in [0.15, 0.2) is 0 Å². The maximum absolute atomic E-state index is 13.2. The second-order valence-electron chi connectivity index (χ2n) is 10.6. The zero-order chi connectivity index (χ0) is 30.5. The molecule has 4 rings (SSSR count). The van der Waals surface area contributed by atoms with Crippen LogP contribution in [0.4, 0.5) is 23.7 Å². The highest BCUT2D eigenvalue weighted by Crippen LogP contribution is 2.31. The highest BCUT2D eigenvalue weighted by atomic mass is 19.4. The smallest absolute Gasteiger partial charge is 0.416 e. The van der Waals surface area contributed by atoms with Crippen LogP contribution in [0.15, 0.2) is 79.1 Å². The van der Waals surface area contributed by atoms with Gasteiger partial charge in [-0.15, -0.1) is 0 Å². The molecule has 42 heavy (non-hydrogen) atoms. The van der Waals surface area contributed by atoms with E-state index in [1.807, 2.05) is 32.9 Å². The molecule has 2 heterocycles. The van der Waals surface area contributed by atoms with E-state index in [1.54, 1.807) is 43.5 Å². The lowest BCUT2D eigenvalue weighted by Crippen LogP contribution is -2.41. The van der Waals surface area contributed by atoms with Crippen LogP contribution in [0.5, 0.6) is 0 Å². The van der Waals surface area contributed by atoms with Crippen LogP contribution in [0.25, 0.3) is 11.3 Å². The monoisotopic (exact) mass is 577 g/mol. The third-order valence-electron chi connectivity index (χ3n) is 6.03. The van der Waals surface area contributed by atoms with E-state index in [4.69, 9.17) is 4.74 Å². The number of hydrogen-bond donors (Lipinski definition) is 2. The van der Waals surface area contributed by atoms with Crippen molar-refractivity contribution >= 4 is 17.7 Å². The molecule has 1 atom stereocenters. The average molecular weight is 578 g/mol. The van der Waals surface area contributed by atoms with Gasteiger partial charge in [0, 0.05) is 41.3 Å². The summed E-state index contributed by atoms with van der Waals surface area (Å²) < 4.78 is 44.8. The van der Waals surface area contributed by atoms with Crippen molar-refractivity contribution in [3.05, 3.63) is 107 Å². The highest BCUT2D eigenvalue weighted by molar-refractivity contribution is 6.07. The summed E-state index contributed by atoms with van der Waals surface area (Å²) in [5, 5.41) is 5.57. The summed E-state index contributed by atoms with van der Waals surface area (Å²) >= 11 is 0. The average Bonchev–Trinajstić information content (AvgIpc) is 2.92. The number of hydrogen-bond acceptors (Lipinski definition) is 6. The Hall–Kier alpha value is -4.80. The number of aryl methyl sites for hydroxylation is 1. The molecule has 2 aromatic carbocycles. The third kappa shape index (κ3) is 8.12. The first-order valence-corrected chi connectivity index (χ1v) is 13.1. The van der Waals surface area contributed by atoms with Gasteiger partial charge < -0.3 is 15.4 Å². The standard InChI is InChI=1S/C31H30F3N5O3/c1-19-36-18-25(27(37-19)21-8-12-22(13-9-21)31(32,33)34)28(40)38-23-14-10-20(11-15-23)26(17-24-7-5-6-16-35-24)42-29(41)39-30(2,3)4/h5-16,18,26H,17H2,1-4H3,(H,38,40)(H,39,41). The molecule has 0 aliphatic heterocycles. The fourth-order valence-electron chi connectivity index (χ4n) is 4.05. The number of carbonyl (C=O) groups is 2. The fourth-order valence-corrected chi connectivity index (χ4v) is 4.05. The van der Waals surface area contributed by atoms with E-state index in [1.165, 1.54) is 18.3 Å². The zero-order valence-corrected chi connectivity index (χ0v) is 23.5.